The lowest BCUT2D eigenvalue weighted by molar-refractivity contribution is -0.148. The lowest BCUT2D eigenvalue weighted by Gasteiger charge is -2.34. The zero-order chi connectivity index (χ0) is 14.8. The van der Waals surface area contributed by atoms with Gasteiger partial charge in [0.1, 0.15) is 6.61 Å². The largest absolute Gasteiger partial charge is 0.416 e. The van der Waals surface area contributed by atoms with Crippen LogP contribution in [0.4, 0.5) is 13.2 Å². The molecular formula is C13H15F3N2O2. The number of alkyl halides is 3. The summed E-state index contributed by atoms with van der Waals surface area (Å²) in [6, 6.07) is 4.53. The van der Waals surface area contributed by atoms with E-state index in [-0.39, 0.29) is 31.6 Å². The summed E-state index contributed by atoms with van der Waals surface area (Å²) in [5.41, 5.74) is 5.50. The van der Waals surface area contributed by atoms with Gasteiger partial charge >= 0.3 is 6.18 Å². The number of morpholine rings is 1. The maximum Gasteiger partial charge on any atom is 0.416 e. The van der Waals surface area contributed by atoms with Crippen LogP contribution in [0.5, 0.6) is 0 Å². The smallest absolute Gasteiger partial charge is 0.369 e. The Hall–Kier alpha value is -1.60. The number of carbonyl (C=O) groups is 1. The number of halogens is 3. The van der Waals surface area contributed by atoms with E-state index >= 15 is 0 Å². The first-order chi connectivity index (χ1) is 9.41. The fraction of sp³-hybridized carbons (Fsp3) is 0.462. The van der Waals surface area contributed by atoms with Crippen molar-refractivity contribution in [2.24, 2.45) is 5.73 Å². The Morgan fingerprint density at radius 3 is 2.50 bits per heavy atom. The van der Waals surface area contributed by atoms with Crippen molar-refractivity contribution in [2.75, 3.05) is 19.8 Å². The van der Waals surface area contributed by atoms with E-state index < -0.39 is 11.7 Å². The normalized spacial score (nSPS) is 20.3. The molecule has 0 aliphatic carbocycles. The Balaban J connectivity index is 2.10. The first-order valence-corrected chi connectivity index (χ1v) is 6.15. The van der Waals surface area contributed by atoms with Crippen LogP contribution in [0.15, 0.2) is 24.3 Å². The minimum Gasteiger partial charge on any atom is -0.369 e. The lowest BCUT2D eigenvalue weighted by atomic mass is 10.1. The second kappa shape index (κ2) is 5.80. The first kappa shape index (κ1) is 14.8. The summed E-state index contributed by atoms with van der Waals surface area (Å²) in [6.45, 7) is 0.828. The molecule has 1 aliphatic rings. The standard InChI is InChI=1S/C13H15F3N2O2/c14-13(15,16)10-3-1-9(2-4-10)6-18-11(5-17)7-20-8-12(18)19/h1-4,11H,5-8,17H2. The van der Waals surface area contributed by atoms with Crippen LogP contribution >= 0.6 is 0 Å². The average Bonchev–Trinajstić information content (AvgIpc) is 2.40. The maximum atomic E-state index is 12.5. The van der Waals surface area contributed by atoms with Crippen LogP contribution in [0, 0.1) is 0 Å². The van der Waals surface area contributed by atoms with Crippen LogP contribution in [-0.4, -0.2) is 36.6 Å². The third-order valence-electron chi connectivity index (χ3n) is 3.20. The van der Waals surface area contributed by atoms with Gasteiger partial charge in [0.2, 0.25) is 5.91 Å². The summed E-state index contributed by atoms with van der Waals surface area (Å²) >= 11 is 0. The summed E-state index contributed by atoms with van der Waals surface area (Å²) in [5, 5.41) is 0. The molecule has 0 spiro atoms. The third kappa shape index (κ3) is 3.29. The van der Waals surface area contributed by atoms with E-state index in [1.807, 2.05) is 0 Å². The number of hydrogen-bond donors (Lipinski definition) is 1. The number of carbonyl (C=O) groups excluding carboxylic acids is 1. The average molecular weight is 288 g/mol. The van der Waals surface area contributed by atoms with Crippen LogP contribution < -0.4 is 5.73 Å². The summed E-state index contributed by atoms with van der Waals surface area (Å²) in [6.07, 6.45) is -4.35. The van der Waals surface area contributed by atoms with E-state index in [9.17, 15) is 18.0 Å². The van der Waals surface area contributed by atoms with E-state index in [1.54, 1.807) is 4.90 Å². The highest BCUT2D eigenvalue weighted by atomic mass is 19.4. The minimum atomic E-state index is -4.35. The fourth-order valence-electron chi connectivity index (χ4n) is 2.07. The van der Waals surface area contributed by atoms with E-state index in [0.29, 0.717) is 12.2 Å². The molecule has 110 valence electrons. The molecule has 0 aromatic heterocycles. The Bertz CT molecular complexity index is 473. The molecule has 1 heterocycles. The molecule has 1 aromatic rings. The van der Waals surface area contributed by atoms with E-state index in [0.717, 1.165) is 12.1 Å². The van der Waals surface area contributed by atoms with Gasteiger partial charge in [0, 0.05) is 13.1 Å². The number of ether oxygens (including phenoxy) is 1. The number of benzene rings is 1. The Morgan fingerprint density at radius 1 is 1.30 bits per heavy atom. The zero-order valence-electron chi connectivity index (χ0n) is 10.7. The van der Waals surface area contributed by atoms with Gasteiger partial charge in [0.05, 0.1) is 18.2 Å². The van der Waals surface area contributed by atoms with Gasteiger partial charge in [-0.2, -0.15) is 13.2 Å². The van der Waals surface area contributed by atoms with Gasteiger partial charge in [0.15, 0.2) is 0 Å². The van der Waals surface area contributed by atoms with Crippen molar-refractivity contribution < 1.29 is 22.7 Å². The summed E-state index contributed by atoms with van der Waals surface area (Å²) in [5.74, 6) is -0.202. The van der Waals surface area contributed by atoms with Crippen LogP contribution in [0.3, 0.4) is 0 Å². The van der Waals surface area contributed by atoms with Crippen molar-refractivity contribution in [3.05, 3.63) is 35.4 Å². The van der Waals surface area contributed by atoms with Gasteiger partial charge in [-0.05, 0) is 17.7 Å². The molecule has 1 fully saturated rings. The van der Waals surface area contributed by atoms with Crippen LogP contribution in [0.25, 0.3) is 0 Å². The molecule has 1 unspecified atom stereocenters. The molecule has 1 saturated heterocycles. The number of hydrogen-bond acceptors (Lipinski definition) is 3. The second-order valence-electron chi connectivity index (χ2n) is 4.62. The molecule has 1 aromatic carbocycles. The van der Waals surface area contributed by atoms with Crippen molar-refractivity contribution in [3.8, 4) is 0 Å². The maximum absolute atomic E-state index is 12.5. The predicted molar refractivity (Wildman–Crippen MR) is 65.7 cm³/mol. The Kier molecular flexibility index (Phi) is 4.29. The molecule has 1 amide bonds. The van der Waals surface area contributed by atoms with Gasteiger partial charge in [-0.1, -0.05) is 12.1 Å². The van der Waals surface area contributed by atoms with Gasteiger partial charge < -0.3 is 15.4 Å². The van der Waals surface area contributed by atoms with Gasteiger partial charge in [-0.15, -0.1) is 0 Å². The quantitative estimate of drug-likeness (QED) is 0.914. The number of nitrogens with two attached hydrogens (primary N) is 1. The molecular weight excluding hydrogens is 273 g/mol. The monoisotopic (exact) mass is 288 g/mol. The number of amides is 1. The molecule has 2 rings (SSSR count). The highest BCUT2D eigenvalue weighted by Gasteiger charge is 2.31. The lowest BCUT2D eigenvalue weighted by Crippen LogP contribution is -2.52. The molecule has 0 saturated carbocycles. The van der Waals surface area contributed by atoms with Crippen molar-refractivity contribution in [2.45, 2.75) is 18.8 Å². The highest BCUT2D eigenvalue weighted by molar-refractivity contribution is 5.78. The molecule has 1 aliphatic heterocycles. The molecule has 1 atom stereocenters. The molecule has 0 bridgehead atoms. The molecule has 4 nitrogen and oxygen atoms in total. The van der Waals surface area contributed by atoms with E-state index in [1.165, 1.54) is 12.1 Å². The van der Waals surface area contributed by atoms with Gasteiger partial charge in [-0.25, -0.2) is 0 Å². The van der Waals surface area contributed by atoms with E-state index in [2.05, 4.69) is 0 Å². The zero-order valence-corrected chi connectivity index (χ0v) is 10.7. The van der Waals surface area contributed by atoms with Crippen LogP contribution in [-0.2, 0) is 22.3 Å². The minimum absolute atomic E-state index is 0.0167. The van der Waals surface area contributed by atoms with Crippen molar-refractivity contribution in [3.63, 3.8) is 0 Å². The van der Waals surface area contributed by atoms with Gasteiger partial charge in [-0.3, -0.25) is 4.79 Å². The summed E-state index contributed by atoms with van der Waals surface area (Å²) in [7, 11) is 0. The molecule has 0 radical (unpaired) electrons. The second-order valence-corrected chi connectivity index (χ2v) is 4.62. The van der Waals surface area contributed by atoms with E-state index in [4.69, 9.17) is 10.5 Å². The highest BCUT2D eigenvalue weighted by Crippen LogP contribution is 2.29. The Labute approximate surface area is 114 Å². The topological polar surface area (TPSA) is 55.6 Å². The number of rotatable bonds is 3. The molecule has 7 heteroatoms. The van der Waals surface area contributed by atoms with Crippen LogP contribution in [0.1, 0.15) is 11.1 Å². The van der Waals surface area contributed by atoms with Crippen molar-refractivity contribution in [1.29, 1.82) is 0 Å². The van der Waals surface area contributed by atoms with Crippen LogP contribution in [0.2, 0.25) is 0 Å². The fourth-order valence-corrected chi connectivity index (χ4v) is 2.07. The third-order valence-corrected chi connectivity index (χ3v) is 3.20. The summed E-state index contributed by atoms with van der Waals surface area (Å²) < 4.78 is 42.5. The van der Waals surface area contributed by atoms with Crippen molar-refractivity contribution in [1.82, 2.24) is 4.90 Å². The predicted octanol–water partition coefficient (Wildman–Crippen LogP) is 1.39. The van der Waals surface area contributed by atoms with Crippen molar-refractivity contribution >= 4 is 5.91 Å². The first-order valence-electron chi connectivity index (χ1n) is 6.15. The van der Waals surface area contributed by atoms with Gasteiger partial charge in [0.25, 0.3) is 0 Å². The summed E-state index contributed by atoms with van der Waals surface area (Å²) in [4.78, 5) is 13.3. The number of nitrogens with zero attached hydrogens (tertiary/aromatic N) is 1. The molecule has 2 N–H and O–H groups in total. The SMILES string of the molecule is NCC1COCC(=O)N1Cc1ccc(C(F)(F)F)cc1. The molecule has 20 heavy (non-hydrogen) atoms. The Morgan fingerprint density at radius 2 is 1.95 bits per heavy atom.